The van der Waals surface area contributed by atoms with E-state index in [0.29, 0.717) is 44.2 Å². The average Bonchev–Trinajstić information content (AvgIpc) is 3.25. The summed E-state index contributed by atoms with van der Waals surface area (Å²) in [7, 11) is 2.13. The summed E-state index contributed by atoms with van der Waals surface area (Å²) < 4.78 is 6.00. The molecule has 0 aromatic carbocycles. The SMILES string of the molecule is CC(=O)N1CCN2C(=O)[C@@H]3C[C@H](CN3C3CCN(C)CC3)NC(=O)c3cccnc3OC[C@@H]2C1. The third kappa shape index (κ3) is 4.48. The molecule has 0 spiro atoms. The van der Waals surface area contributed by atoms with Gasteiger partial charge < -0.3 is 24.8 Å². The van der Waals surface area contributed by atoms with E-state index in [-0.39, 0.29) is 48.3 Å². The number of nitrogens with one attached hydrogen (secondary N) is 1. The Morgan fingerprint density at radius 1 is 1.12 bits per heavy atom. The minimum absolute atomic E-state index is 0.00926. The van der Waals surface area contributed by atoms with Gasteiger partial charge in [-0.3, -0.25) is 19.3 Å². The van der Waals surface area contributed by atoms with Crippen LogP contribution in [0.15, 0.2) is 18.3 Å². The number of ether oxygens (including phenoxy) is 1. The highest BCUT2D eigenvalue weighted by atomic mass is 16.5. The number of rotatable bonds is 1. The zero-order valence-electron chi connectivity index (χ0n) is 20.0. The van der Waals surface area contributed by atoms with Crippen molar-refractivity contribution in [3.8, 4) is 5.88 Å². The predicted molar refractivity (Wildman–Crippen MR) is 124 cm³/mol. The standard InChI is InChI=1S/C24H34N6O4/c1-16(31)28-10-11-29-19(14-28)15-34-23-20(4-3-7-25-23)22(32)26-17-12-21(24(29)33)30(13-17)18-5-8-27(2)9-6-18/h3-4,7,17-19,21H,5-6,8-15H2,1-2H3,(H,26,32)/t17-,19+,21+/m1/s1. The van der Waals surface area contributed by atoms with Gasteiger partial charge in [0.1, 0.15) is 12.2 Å². The number of piperidine rings is 1. The molecule has 0 unspecified atom stereocenters. The highest BCUT2D eigenvalue weighted by Crippen LogP contribution is 2.30. The van der Waals surface area contributed by atoms with Gasteiger partial charge in [-0.25, -0.2) is 4.98 Å². The molecule has 0 saturated carbocycles. The summed E-state index contributed by atoms with van der Waals surface area (Å²) in [6, 6.07) is 3.07. The largest absolute Gasteiger partial charge is 0.475 e. The Balaban J connectivity index is 1.47. The van der Waals surface area contributed by atoms with Crippen molar-refractivity contribution in [2.75, 3.05) is 52.9 Å². The zero-order valence-corrected chi connectivity index (χ0v) is 20.0. The van der Waals surface area contributed by atoms with Crippen LogP contribution in [0.5, 0.6) is 5.88 Å². The molecule has 2 bridgehead atoms. The molecule has 5 rings (SSSR count). The lowest BCUT2D eigenvalue weighted by molar-refractivity contribution is -0.147. The second-order valence-electron chi connectivity index (χ2n) is 9.97. The first kappa shape index (κ1) is 23.0. The fourth-order valence-electron chi connectivity index (χ4n) is 5.82. The number of amides is 3. The molecule has 4 aliphatic rings. The van der Waals surface area contributed by atoms with Gasteiger partial charge in [-0.15, -0.1) is 0 Å². The lowest BCUT2D eigenvalue weighted by Gasteiger charge is -2.44. The van der Waals surface area contributed by atoms with Crippen molar-refractivity contribution in [2.24, 2.45) is 0 Å². The molecule has 10 heteroatoms. The summed E-state index contributed by atoms with van der Waals surface area (Å²) in [6.07, 6.45) is 4.21. The highest BCUT2D eigenvalue weighted by Gasteiger charge is 2.45. The molecule has 4 aliphatic heterocycles. The Morgan fingerprint density at radius 3 is 2.68 bits per heavy atom. The van der Waals surface area contributed by atoms with Crippen molar-refractivity contribution in [1.82, 2.24) is 29.9 Å². The number of nitrogens with zero attached hydrogens (tertiary/aromatic N) is 5. The molecular weight excluding hydrogens is 436 g/mol. The lowest BCUT2D eigenvalue weighted by atomic mass is 10.0. The zero-order chi connectivity index (χ0) is 23.8. The summed E-state index contributed by atoms with van der Waals surface area (Å²) in [5, 5.41) is 3.14. The first-order chi connectivity index (χ1) is 16.4. The van der Waals surface area contributed by atoms with Crippen LogP contribution >= 0.6 is 0 Å². The van der Waals surface area contributed by atoms with E-state index in [1.165, 1.54) is 0 Å². The molecule has 1 N–H and O–H groups in total. The fourth-order valence-corrected chi connectivity index (χ4v) is 5.82. The van der Waals surface area contributed by atoms with Crippen molar-refractivity contribution in [3.63, 3.8) is 0 Å². The number of hydrogen-bond acceptors (Lipinski definition) is 7. The van der Waals surface area contributed by atoms with Gasteiger partial charge in [0, 0.05) is 51.4 Å². The highest BCUT2D eigenvalue weighted by molar-refractivity contribution is 5.96. The first-order valence-electron chi connectivity index (χ1n) is 12.3. The topological polar surface area (TPSA) is 98.3 Å². The van der Waals surface area contributed by atoms with Crippen LogP contribution in [-0.2, 0) is 9.59 Å². The number of carbonyl (C=O) groups excluding carboxylic acids is 3. The van der Waals surface area contributed by atoms with E-state index >= 15 is 0 Å². The molecular formula is C24H34N6O4. The number of fused-ring (bicyclic) bond motifs is 4. The fraction of sp³-hybridized carbons (Fsp3) is 0.667. The predicted octanol–water partition coefficient (Wildman–Crippen LogP) is -0.200. The molecule has 1 aromatic heterocycles. The third-order valence-electron chi connectivity index (χ3n) is 7.76. The van der Waals surface area contributed by atoms with Gasteiger partial charge in [0.15, 0.2) is 0 Å². The number of pyridine rings is 1. The van der Waals surface area contributed by atoms with E-state index in [1.807, 2.05) is 4.90 Å². The summed E-state index contributed by atoms with van der Waals surface area (Å²) in [5.74, 6) is 0.102. The van der Waals surface area contributed by atoms with E-state index in [2.05, 4.69) is 27.1 Å². The molecule has 34 heavy (non-hydrogen) atoms. The summed E-state index contributed by atoms with van der Waals surface area (Å²) in [4.78, 5) is 51.8. The van der Waals surface area contributed by atoms with Crippen molar-refractivity contribution >= 4 is 17.7 Å². The van der Waals surface area contributed by atoms with E-state index in [1.54, 1.807) is 30.2 Å². The lowest BCUT2D eigenvalue weighted by Crippen LogP contribution is -2.62. The van der Waals surface area contributed by atoms with Crippen LogP contribution in [0, 0.1) is 0 Å². The molecule has 3 fully saturated rings. The molecule has 5 heterocycles. The summed E-state index contributed by atoms with van der Waals surface area (Å²) in [6.45, 7) is 5.82. The van der Waals surface area contributed by atoms with Crippen molar-refractivity contribution < 1.29 is 19.1 Å². The van der Waals surface area contributed by atoms with Gasteiger partial charge in [0.25, 0.3) is 5.91 Å². The maximum Gasteiger partial charge on any atom is 0.257 e. The van der Waals surface area contributed by atoms with Gasteiger partial charge in [0.05, 0.1) is 12.1 Å². The maximum absolute atomic E-state index is 14.0. The van der Waals surface area contributed by atoms with Gasteiger partial charge in [0.2, 0.25) is 17.7 Å². The van der Waals surface area contributed by atoms with Gasteiger partial charge in [-0.05, 0) is 51.5 Å². The molecule has 10 nitrogen and oxygen atoms in total. The summed E-state index contributed by atoms with van der Waals surface area (Å²) >= 11 is 0. The molecule has 3 amide bonds. The van der Waals surface area contributed by atoms with Crippen molar-refractivity contribution in [2.45, 2.75) is 50.4 Å². The number of aromatic nitrogens is 1. The molecule has 1 aromatic rings. The van der Waals surface area contributed by atoms with E-state index < -0.39 is 0 Å². The monoisotopic (exact) mass is 470 g/mol. The van der Waals surface area contributed by atoms with E-state index in [4.69, 9.17) is 4.74 Å². The number of piperazine rings is 1. The van der Waals surface area contributed by atoms with E-state index in [9.17, 15) is 14.4 Å². The minimum atomic E-state index is -0.291. The third-order valence-corrected chi connectivity index (χ3v) is 7.76. The van der Waals surface area contributed by atoms with Crippen LogP contribution in [0.2, 0.25) is 0 Å². The Labute approximate surface area is 200 Å². The molecule has 3 saturated heterocycles. The van der Waals surface area contributed by atoms with Gasteiger partial charge >= 0.3 is 0 Å². The minimum Gasteiger partial charge on any atom is -0.475 e. The molecule has 184 valence electrons. The van der Waals surface area contributed by atoms with Crippen LogP contribution in [0.4, 0.5) is 0 Å². The van der Waals surface area contributed by atoms with Gasteiger partial charge in [-0.1, -0.05) is 0 Å². The van der Waals surface area contributed by atoms with Crippen molar-refractivity contribution in [3.05, 3.63) is 23.9 Å². The smallest absolute Gasteiger partial charge is 0.257 e. The van der Waals surface area contributed by atoms with Gasteiger partial charge in [-0.2, -0.15) is 0 Å². The maximum atomic E-state index is 14.0. The number of carbonyl (C=O) groups is 3. The molecule has 0 aliphatic carbocycles. The second-order valence-corrected chi connectivity index (χ2v) is 9.97. The summed E-state index contributed by atoms with van der Waals surface area (Å²) in [5.41, 5.74) is 0.398. The second kappa shape index (κ2) is 9.50. The van der Waals surface area contributed by atoms with Crippen LogP contribution in [-0.4, -0.2) is 119 Å². The van der Waals surface area contributed by atoms with Crippen LogP contribution < -0.4 is 10.1 Å². The number of likely N-dealkylation sites (tertiary alicyclic amines) is 2. The van der Waals surface area contributed by atoms with Crippen LogP contribution in [0.1, 0.15) is 36.5 Å². The first-order valence-corrected chi connectivity index (χ1v) is 12.3. The van der Waals surface area contributed by atoms with Crippen molar-refractivity contribution in [1.29, 1.82) is 0 Å². The Bertz CT molecular complexity index is 949. The Kier molecular flexibility index (Phi) is 6.44. The van der Waals surface area contributed by atoms with Crippen LogP contribution in [0.3, 0.4) is 0 Å². The van der Waals surface area contributed by atoms with E-state index in [0.717, 1.165) is 25.9 Å². The normalized spacial score (nSPS) is 29.4. The Hall–Kier alpha value is -2.72. The Morgan fingerprint density at radius 2 is 1.91 bits per heavy atom. The quantitative estimate of drug-likeness (QED) is 0.607. The van der Waals surface area contributed by atoms with Crippen LogP contribution in [0.25, 0.3) is 0 Å². The molecule has 3 atom stereocenters. The molecule has 0 radical (unpaired) electrons. The average molecular weight is 471 g/mol. The number of hydrogen-bond donors (Lipinski definition) is 1.